The maximum Gasteiger partial charge on any atom is 0.222 e. The summed E-state index contributed by atoms with van der Waals surface area (Å²) in [6.45, 7) is 7.78. The SMILES string of the molecule is CCC1COC(C)CN1c1cc(C)nc(N)n1. The summed E-state index contributed by atoms with van der Waals surface area (Å²) in [4.78, 5) is 10.7. The van der Waals surface area contributed by atoms with Crippen molar-refractivity contribution in [1.82, 2.24) is 9.97 Å². The van der Waals surface area contributed by atoms with Crippen molar-refractivity contribution in [1.29, 1.82) is 0 Å². The Hall–Kier alpha value is -1.36. The molecule has 0 aliphatic carbocycles. The molecule has 2 atom stereocenters. The largest absolute Gasteiger partial charge is 0.375 e. The van der Waals surface area contributed by atoms with Crippen molar-refractivity contribution < 1.29 is 4.74 Å². The minimum atomic E-state index is 0.231. The van der Waals surface area contributed by atoms with Crippen molar-refractivity contribution >= 4 is 11.8 Å². The highest BCUT2D eigenvalue weighted by molar-refractivity contribution is 5.45. The van der Waals surface area contributed by atoms with E-state index in [1.165, 1.54) is 0 Å². The van der Waals surface area contributed by atoms with Gasteiger partial charge in [-0.1, -0.05) is 6.92 Å². The quantitative estimate of drug-likeness (QED) is 0.840. The predicted molar refractivity (Wildman–Crippen MR) is 68.0 cm³/mol. The second-order valence-electron chi connectivity index (χ2n) is 4.58. The van der Waals surface area contributed by atoms with Gasteiger partial charge in [-0.2, -0.15) is 4.98 Å². The van der Waals surface area contributed by atoms with E-state index in [1.54, 1.807) is 0 Å². The Kier molecular flexibility index (Phi) is 3.47. The van der Waals surface area contributed by atoms with Crippen molar-refractivity contribution in [3.63, 3.8) is 0 Å². The molecule has 2 heterocycles. The third-order valence-electron chi connectivity index (χ3n) is 3.09. The normalized spacial score (nSPS) is 25.0. The third kappa shape index (κ3) is 2.66. The van der Waals surface area contributed by atoms with Gasteiger partial charge in [0, 0.05) is 18.3 Å². The summed E-state index contributed by atoms with van der Waals surface area (Å²) in [5, 5.41) is 0. The molecule has 94 valence electrons. The van der Waals surface area contributed by atoms with Crippen LogP contribution in [-0.4, -0.2) is 35.3 Å². The molecule has 5 nitrogen and oxygen atoms in total. The van der Waals surface area contributed by atoms with Gasteiger partial charge >= 0.3 is 0 Å². The number of nitrogens with two attached hydrogens (primary N) is 1. The molecular weight excluding hydrogens is 216 g/mol. The van der Waals surface area contributed by atoms with E-state index >= 15 is 0 Å². The lowest BCUT2D eigenvalue weighted by molar-refractivity contribution is 0.0296. The zero-order valence-corrected chi connectivity index (χ0v) is 10.7. The molecule has 2 unspecified atom stereocenters. The molecule has 1 aliphatic heterocycles. The number of anilines is 2. The molecule has 17 heavy (non-hydrogen) atoms. The summed E-state index contributed by atoms with van der Waals surface area (Å²) in [5.41, 5.74) is 6.61. The van der Waals surface area contributed by atoms with Gasteiger partial charge in [0.15, 0.2) is 0 Å². The van der Waals surface area contributed by atoms with Crippen LogP contribution in [0, 0.1) is 6.92 Å². The Morgan fingerprint density at radius 1 is 1.53 bits per heavy atom. The summed E-state index contributed by atoms with van der Waals surface area (Å²) >= 11 is 0. The van der Waals surface area contributed by atoms with Gasteiger partial charge in [-0.3, -0.25) is 0 Å². The molecule has 2 N–H and O–H groups in total. The first-order valence-electron chi connectivity index (χ1n) is 6.09. The summed E-state index contributed by atoms with van der Waals surface area (Å²) in [5.74, 6) is 1.26. The van der Waals surface area contributed by atoms with Gasteiger partial charge < -0.3 is 15.4 Å². The van der Waals surface area contributed by atoms with E-state index in [-0.39, 0.29) is 6.10 Å². The van der Waals surface area contributed by atoms with Gasteiger partial charge in [-0.25, -0.2) is 4.98 Å². The van der Waals surface area contributed by atoms with E-state index in [0.29, 0.717) is 12.0 Å². The lowest BCUT2D eigenvalue weighted by Crippen LogP contribution is -2.49. The van der Waals surface area contributed by atoms with Gasteiger partial charge in [0.2, 0.25) is 5.95 Å². The van der Waals surface area contributed by atoms with Crippen molar-refractivity contribution in [2.75, 3.05) is 23.8 Å². The number of morpholine rings is 1. The summed E-state index contributed by atoms with van der Waals surface area (Å²) in [7, 11) is 0. The number of nitrogen functional groups attached to an aromatic ring is 1. The number of hydrogen-bond donors (Lipinski definition) is 1. The van der Waals surface area contributed by atoms with Crippen LogP contribution >= 0.6 is 0 Å². The second-order valence-corrected chi connectivity index (χ2v) is 4.58. The van der Waals surface area contributed by atoms with Crippen LogP contribution in [0.2, 0.25) is 0 Å². The predicted octanol–water partition coefficient (Wildman–Crippen LogP) is 1.37. The van der Waals surface area contributed by atoms with E-state index in [1.807, 2.05) is 13.0 Å². The van der Waals surface area contributed by atoms with Gasteiger partial charge in [0.05, 0.1) is 18.8 Å². The fraction of sp³-hybridized carbons (Fsp3) is 0.667. The number of aryl methyl sites for hydroxylation is 1. The van der Waals surface area contributed by atoms with Crippen molar-refractivity contribution in [3.8, 4) is 0 Å². The topological polar surface area (TPSA) is 64.3 Å². The molecular formula is C12H20N4O. The molecule has 5 heteroatoms. The van der Waals surface area contributed by atoms with E-state index in [2.05, 4.69) is 28.7 Å². The van der Waals surface area contributed by atoms with Crippen LogP contribution in [0.5, 0.6) is 0 Å². The fourth-order valence-corrected chi connectivity index (χ4v) is 2.18. The standard InChI is InChI=1S/C12H20N4O/c1-4-10-7-17-9(3)6-16(10)11-5-8(2)14-12(13)15-11/h5,9-10H,4,6-7H2,1-3H3,(H2,13,14,15). The summed E-state index contributed by atoms with van der Waals surface area (Å²) < 4.78 is 5.68. The lowest BCUT2D eigenvalue weighted by Gasteiger charge is -2.39. The van der Waals surface area contributed by atoms with Crippen molar-refractivity contribution in [2.45, 2.75) is 39.3 Å². The van der Waals surface area contributed by atoms with Crippen molar-refractivity contribution in [2.24, 2.45) is 0 Å². The maximum atomic E-state index is 5.71. The molecule has 1 aromatic rings. The summed E-state index contributed by atoms with van der Waals surface area (Å²) in [6, 6.07) is 2.36. The number of ether oxygens (including phenoxy) is 1. The minimum Gasteiger partial charge on any atom is -0.375 e. The van der Waals surface area contributed by atoms with Crippen molar-refractivity contribution in [3.05, 3.63) is 11.8 Å². The number of rotatable bonds is 2. The fourth-order valence-electron chi connectivity index (χ4n) is 2.18. The van der Waals surface area contributed by atoms with Gasteiger partial charge in [0.25, 0.3) is 0 Å². The highest BCUT2D eigenvalue weighted by Gasteiger charge is 2.26. The molecule has 2 rings (SSSR count). The van der Waals surface area contributed by atoms with Crippen LogP contribution < -0.4 is 10.6 Å². The molecule has 1 saturated heterocycles. The van der Waals surface area contributed by atoms with E-state index in [0.717, 1.165) is 31.1 Å². The highest BCUT2D eigenvalue weighted by Crippen LogP contribution is 2.22. The maximum absolute atomic E-state index is 5.71. The smallest absolute Gasteiger partial charge is 0.222 e. The number of hydrogen-bond acceptors (Lipinski definition) is 5. The Morgan fingerprint density at radius 2 is 2.29 bits per heavy atom. The molecule has 1 fully saturated rings. The molecule has 1 aromatic heterocycles. The Bertz CT molecular complexity index is 376. The first kappa shape index (κ1) is 12.1. The van der Waals surface area contributed by atoms with Gasteiger partial charge in [-0.05, 0) is 20.3 Å². The Labute approximate surface area is 102 Å². The number of aromatic nitrogens is 2. The zero-order valence-electron chi connectivity index (χ0n) is 10.7. The molecule has 1 aliphatic rings. The molecule has 0 aromatic carbocycles. The molecule has 0 spiro atoms. The van der Waals surface area contributed by atoms with E-state index in [9.17, 15) is 0 Å². The highest BCUT2D eigenvalue weighted by atomic mass is 16.5. The van der Waals surface area contributed by atoms with Gasteiger partial charge in [-0.15, -0.1) is 0 Å². The lowest BCUT2D eigenvalue weighted by atomic mass is 10.1. The van der Waals surface area contributed by atoms with E-state index in [4.69, 9.17) is 10.5 Å². The first-order chi connectivity index (χ1) is 8.10. The minimum absolute atomic E-state index is 0.231. The van der Waals surface area contributed by atoms with Gasteiger partial charge in [0.1, 0.15) is 5.82 Å². The number of nitrogens with zero attached hydrogens (tertiary/aromatic N) is 3. The van der Waals surface area contributed by atoms with E-state index < -0.39 is 0 Å². The molecule has 0 saturated carbocycles. The van der Waals surface area contributed by atoms with Crippen LogP contribution in [0.15, 0.2) is 6.07 Å². The second kappa shape index (κ2) is 4.87. The van der Waals surface area contributed by atoms with Crippen LogP contribution in [0.1, 0.15) is 26.0 Å². The Morgan fingerprint density at radius 3 is 2.94 bits per heavy atom. The molecule has 0 radical (unpaired) electrons. The van der Waals surface area contributed by atoms with Crippen LogP contribution in [0.4, 0.5) is 11.8 Å². The third-order valence-corrected chi connectivity index (χ3v) is 3.09. The van der Waals surface area contributed by atoms with Crippen LogP contribution in [0.25, 0.3) is 0 Å². The molecule has 0 bridgehead atoms. The zero-order chi connectivity index (χ0) is 12.4. The monoisotopic (exact) mass is 236 g/mol. The summed E-state index contributed by atoms with van der Waals surface area (Å²) in [6.07, 6.45) is 1.27. The molecule has 0 amide bonds. The Balaban J connectivity index is 2.28. The first-order valence-corrected chi connectivity index (χ1v) is 6.09. The van der Waals surface area contributed by atoms with Crippen LogP contribution in [0.3, 0.4) is 0 Å². The average molecular weight is 236 g/mol. The van der Waals surface area contributed by atoms with Crippen LogP contribution in [-0.2, 0) is 4.74 Å². The average Bonchev–Trinajstić information content (AvgIpc) is 2.27.